The summed E-state index contributed by atoms with van der Waals surface area (Å²) >= 11 is 0. The Morgan fingerprint density at radius 1 is 1.26 bits per heavy atom. The Labute approximate surface area is 112 Å². The van der Waals surface area contributed by atoms with Gasteiger partial charge in [0.2, 0.25) is 0 Å². The fourth-order valence-corrected chi connectivity index (χ4v) is 2.51. The fraction of sp³-hybridized carbons (Fsp3) is 0.333. The van der Waals surface area contributed by atoms with E-state index in [2.05, 4.69) is 0 Å². The quantitative estimate of drug-likeness (QED) is 0.483. The molecule has 1 aromatic carbocycles. The van der Waals surface area contributed by atoms with Crippen LogP contribution in [0.3, 0.4) is 0 Å². The maximum absolute atomic E-state index is 12.2. The van der Waals surface area contributed by atoms with Crippen molar-refractivity contribution in [3.63, 3.8) is 0 Å². The molecule has 0 bridgehead atoms. The Kier molecular flexibility index (Phi) is 3.42. The highest BCUT2D eigenvalue weighted by Gasteiger charge is 2.25. The number of benzene rings is 1. The summed E-state index contributed by atoms with van der Waals surface area (Å²) in [4.78, 5) is 23.8. The average Bonchev–Trinajstić information content (AvgIpc) is 2.62. The smallest absolute Gasteiger partial charge is 0.381 e. The van der Waals surface area contributed by atoms with E-state index >= 15 is 0 Å². The van der Waals surface area contributed by atoms with Crippen molar-refractivity contribution < 1.29 is 14.3 Å². The van der Waals surface area contributed by atoms with E-state index in [9.17, 15) is 9.59 Å². The lowest BCUT2D eigenvalue weighted by atomic mass is 10.1. The van der Waals surface area contributed by atoms with Crippen LogP contribution < -0.4 is 0 Å². The number of Topliss-reactive ketones (excluding diaryl/α,β-unsaturated/α-hetero) is 1. The number of rotatable bonds is 3. The van der Waals surface area contributed by atoms with Gasteiger partial charge < -0.3 is 9.30 Å². The predicted octanol–water partition coefficient (Wildman–Crippen LogP) is 2.54. The second-order valence-electron chi connectivity index (χ2n) is 4.55. The molecule has 4 heteroatoms. The minimum atomic E-state index is -0.797. The molecule has 1 aromatic heterocycles. The molecule has 0 N–H and O–H groups in total. The van der Waals surface area contributed by atoms with Gasteiger partial charge in [0.05, 0.1) is 12.1 Å². The number of fused-ring (bicyclic) bond motifs is 1. The van der Waals surface area contributed by atoms with Crippen molar-refractivity contribution in [2.24, 2.45) is 7.05 Å². The first-order chi connectivity index (χ1) is 8.99. The molecule has 100 valence electrons. The monoisotopic (exact) mass is 259 g/mol. The summed E-state index contributed by atoms with van der Waals surface area (Å²) in [6, 6.07) is 5.89. The van der Waals surface area contributed by atoms with Gasteiger partial charge in [0.25, 0.3) is 5.78 Å². The average molecular weight is 259 g/mol. The largest absolute Gasteiger partial charge is 0.460 e. The summed E-state index contributed by atoms with van der Waals surface area (Å²) in [6.45, 7) is 5.73. The summed E-state index contributed by atoms with van der Waals surface area (Å²) in [6.07, 6.45) is 0. The van der Waals surface area contributed by atoms with E-state index in [1.54, 1.807) is 18.5 Å². The summed E-state index contributed by atoms with van der Waals surface area (Å²) in [7, 11) is 1.80. The van der Waals surface area contributed by atoms with Crippen LogP contribution in [-0.4, -0.2) is 22.9 Å². The van der Waals surface area contributed by atoms with Crippen LogP contribution in [0, 0.1) is 13.8 Å². The van der Waals surface area contributed by atoms with Crippen LogP contribution in [0.2, 0.25) is 0 Å². The molecule has 0 spiro atoms. The number of hydrogen-bond donors (Lipinski definition) is 0. The number of aryl methyl sites for hydroxylation is 3. The number of carbonyl (C=O) groups is 2. The number of para-hydroxylation sites is 1. The van der Waals surface area contributed by atoms with Gasteiger partial charge in [-0.1, -0.05) is 18.2 Å². The maximum Gasteiger partial charge on any atom is 0.381 e. The second kappa shape index (κ2) is 4.88. The molecule has 2 aromatic rings. The van der Waals surface area contributed by atoms with Crippen molar-refractivity contribution in [3.8, 4) is 0 Å². The zero-order chi connectivity index (χ0) is 14.2. The molecular formula is C15H17NO3. The van der Waals surface area contributed by atoms with E-state index in [0.29, 0.717) is 5.69 Å². The fourth-order valence-electron chi connectivity index (χ4n) is 2.51. The number of hydrogen-bond acceptors (Lipinski definition) is 3. The molecule has 2 rings (SSSR count). The normalized spacial score (nSPS) is 10.7. The van der Waals surface area contributed by atoms with Gasteiger partial charge in [-0.25, -0.2) is 4.79 Å². The Hall–Kier alpha value is -2.10. The predicted molar refractivity (Wildman–Crippen MR) is 73.4 cm³/mol. The molecule has 0 amide bonds. The number of nitrogens with zero attached hydrogens (tertiary/aromatic N) is 1. The van der Waals surface area contributed by atoms with Crippen molar-refractivity contribution in [2.75, 3.05) is 6.61 Å². The van der Waals surface area contributed by atoms with Crippen LogP contribution in [0.1, 0.15) is 28.5 Å². The highest BCUT2D eigenvalue weighted by molar-refractivity contribution is 6.41. The summed E-state index contributed by atoms with van der Waals surface area (Å²) in [5, 5.41) is 0.996. The first-order valence-electron chi connectivity index (χ1n) is 6.25. The van der Waals surface area contributed by atoms with E-state index in [0.717, 1.165) is 22.0 Å². The molecule has 0 fully saturated rings. The molecule has 0 aliphatic heterocycles. The molecule has 0 radical (unpaired) electrons. The summed E-state index contributed by atoms with van der Waals surface area (Å²) in [5.41, 5.74) is 3.28. The number of esters is 1. The van der Waals surface area contributed by atoms with Crippen molar-refractivity contribution in [1.29, 1.82) is 0 Å². The van der Waals surface area contributed by atoms with Gasteiger partial charge in [-0.3, -0.25) is 4.79 Å². The van der Waals surface area contributed by atoms with E-state index in [1.165, 1.54) is 0 Å². The Bertz CT molecular complexity index is 668. The van der Waals surface area contributed by atoms with Gasteiger partial charge >= 0.3 is 5.97 Å². The van der Waals surface area contributed by atoms with Crippen LogP contribution in [0.15, 0.2) is 18.2 Å². The molecule has 0 aliphatic rings. The molecule has 0 aliphatic carbocycles. The van der Waals surface area contributed by atoms with Gasteiger partial charge in [0.1, 0.15) is 5.69 Å². The SMILES string of the molecule is CCOC(=O)C(=O)c1c(C)c2cccc(C)c2n1C. The van der Waals surface area contributed by atoms with Crippen LogP contribution >= 0.6 is 0 Å². The lowest BCUT2D eigenvalue weighted by Gasteiger charge is -2.05. The second-order valence-corrected chi connectivity index (χ2v) is 4.55. The standard InChI is InChI=1S/C15H17NO3/c1-5-19-15(18)14(17)13-10(3)11-8-6-7-9(2)12(11)16(13)4/h6-8H,5H2,1-4H3. The van der Waals surface area contributed by atoms with E-state index in [4.69, 9.17) is 4.74 Å². The highest BCUT2D eigenvalue weighted by atomic mass is 16.5. The van der Waals surface area contributed by atoms with Crippen molar-refractivity contribution >= 4 is 22.7 Å². The van der Waals surface area contributed by atoms with Gasteiger partial charge in [-0.15, -0.1) is 0 Å². The molecule has 0 unspecified atom stereocenters. The van der Waals surface area contributed by atoms with Crippen molar-refractivity contribution in [1.82, 2.24) is 4.57 Å². The number of ether oxygens (including phenoxy) is 1. The van der Waals surface area contributed by atoms with E-state index in [-0.39, 0.29) is 6.61 Å². The molecule has 4 nitrogen and oxygen atoms in total. The number of aromatic nitrogens is 1. The number of ketones is 1. The molecule has 0 saturated carbocycles. The van der Waals surface area contributed by atoms with Gasteiger partial charge in [-0.05, 0) is 31.9 Å². The highest BCUT2D eigenvalue weighted by Crippen LogP contribution is 2.27. The first kappa shape index (κ1) is 13.3. The zero-order valence-electron chi connectivity index (χ0n) is 11.6. The van der Waals surface area contributed by atoms with Gasteiger partial charge in [0.15, 0.2) is 0 Å². The van der Waals surface area contributed by atoms with Crippen molar-refractivity contribution in [3.05, 3.63) is 35.0 Å². The Morgan fingerprint density at radius 2 is 1.95 bits per heavy atom. The molecule has 0 atom stereocenters. The molecule has 19 heavy (non-hydrogen) atoms. The third kappa shape index (κ3) is 2.03. The molecule has 0 saturated heterocycles. The molecule has 1 heterocycles. The van der Waals surface area contributed by atoms with Crippen LogP contribution in [0.5, 0.6) is 0 Å². The zero-order valence-corrected chi connectivity index (χ0v) is 11.6. The van der Waals surface area contributed by atoms with E-state index in [1.807, 2.05) is 32.0 Å². The molecular weight excluding hydrogens is 242 g/mol. The minimum absolute atomic E-state index is 0.201. The van der Waals surface area contributed by atoms with Crippen LogP contribution in [0.4, 0.5) is 0 Å². The number of carbonyl (C=O) groups excluding carboxylic acids is 2. The Balaban J connectivity index is 2.65. The van der Waals surface area contributed by atoms with Gasteiger partial charge in [0, 0.05) is 12.4 Å². The third-order valence-electron chi connectivity index (χ3n) is 3.34. The minimum Gasteiger partial charge on any atom is -0.460 e. The Morgan fingerprint density at radius 3 is 2.53 bits per heavy atom. The summed E-state index contributed by atoms with van der Waals surface area (Å²) < 4.78 is 6.57. The lowest BCUT2D eigenvalue weighted by molar-refractivity contribution is -0.137. The van der Waals surface area contributed by atoms with E-state index < -0.39 is 11.8 Å². The van der Waals surface area contributed by atoms with Gasteiger partial charge in [-0.2, -0.15) is 0 Å². The van der Waals surface area contributed by atoms with Crippen LogP contribution in [0.25, 0.3) is 10.9 Å². The van der Waals surface area contributed by atoms with Crippen molar-refractivity contribution in [2.45, 2.75) is 20.8 Å². The lowest BCUT2D eigenvalue weighted by Crippen LogP contribution is -2.21. The maximum atomic E-state index is 12.2. The topological polar surface area (TPSA) is 48.3 Å². The summed E-state index contributed by atoms with van der Waals surface area (Å²) in [5.74, 6) is -1.38. The van der Waals surface area contributed by atoms with Crippen LogP contribution in [-0.2, 0) is 16.6 Å². The first-order valence-corrected chi connectivity index (χ1v) is 6.25. The third-order valence-corrected chi connectivity index (χ3v) is 3.34.